The van der Waals surface area contributed by atoms with Gasteiger partial charge < -0.3 is 4.42 Å². The minimum Gasteiger partial charge on any atom is -0.441 e. The summed E-state index contributed by atoms with van der Waals surface area (Å²) in [5.74, 6) is 1.45. The molecule has 5 nitrogen and oxygen atoms in total. The molecule has 0 N–H and O–H groups in total. The highest BCUT2D eigenvalue weighted by Gasteiger charge is 2.31. The molecule has 1 aliphatic carbocycles. The number of aryl methyl sites for hydroxylation is 3. The molecule has 1 fully saturated rings. The summed E-state index contributed by atoms with van der Waals surface area (Å²) in [5, 5.41) is 5.22. The van der Waals surface area contributed by atoms with Crippen molar-refractivity contribution in [2.45, 2.75) is 52.7 Å². The van der Waals surface area contributed by atoms with Crippen molar-refractivity contribution in [3.05, 3.63) is 57.7 Å². The molecule has 0 bridgehead atoms. The predicted octanol–water partition coefficient (Wildman–Crippen LogP) is 4.82. The quantitative estimate of drug-likeness (QED) is 0.611. The van der Waals surface area contributed by atoms with E-state index in [2.05, 4.69) is 23.8 Å². The van der Waals surface area contributed by atoms with E-state index in [0.29, 0.717) is 17.0 Å². The molecule has 0 amide bonds. The summed E-state index contributed by atoms with van der Waals surface area (Å²) >= 11 is 6.31. The predicted molar refractivity (Wildman–Crippen MR) is 107 cm³/mol. The number of nitrogens with zero attached hydrogens (tertiary/aromatic N) is 4. The van der Waals surface area contributed by atoms with Gasteiger partial charge in [-0.05, 0) is 45.7 Å². The van der Waals surface area contributed by atoms with Crippen molar-refractivity contribution in [3.8, 4) is 11.5 Å². The van der Waals surface area contributed by atoms with Gasteiger partial charge in [0.05, 0.1) is 22.0 Å². The van der Waals surface area contributed by atoms with E-state index in [1.54, 1.807) is 0 Å². The van der Waals surface area contributed by atoms with Crippen LogP contribution in [-0.4, -0.2) is 25.7 Å². The number of halogens is 1. The van der Waals surface area contributed by atoms with Crippen LogP contribution in [0.25, 0.3) is 11.5 Å². The molecule has 1 aromatic carbocycles. The Morgan fingerprint density at radius 3 is 2.56 bits per heavy atom. The Balaban J connectivity index is 1.59. The van der Waals surface area contributed by atoms with Gasteiger partial charge >= 0.3 is 0 Å². The van der Waals surface area contributed by atoms with Crippen molar-refractivity contribution in [3.63, 3.8) is 0 Å². The first-order chi connectivity index (χ1) is 12.9. The Morgan fingerprint density at radius 1 is 1.19 bits per heavy atom. The maximum Gasteiger partial charge on any atom is 0.228 e. The van der Waals surface area contributed by atoms with Gasteiger partial charge in [0, 0.05) is 37.4 Å². The zero-order valence-electron chi connectivity index (χ0n) is 16.3. The lowest BCUT2D eigenvalue weighted by atomic mass is 10.1. The normalized spacial score (nSPS) is 14.3. The lowest BCUT2D eigenvalue weighted by molar-refractivity contribution is 0.241. The van der Waals surface area contributed by atoms with E-state index in [1.165, 1.54) is 24.1 Å². The molecule has 0 aliphatic heterocycles. The summed E-state index contributed by atoms with van der Waals surface area (Å²) in [6.07, 6.45) is 2.49. The van der Waals surface area contributed by atoms with Gasteiger partial charge in [0.15, 0.2) is 0 Å². The molecule has 0 atom stereocenters. The van der Waals surface area contributed by atoms with Gasteiger partial charge in [-0.3, -0.25) is 9.58 Å². The van der Waals surface area contributed by atoms with Gasteiger partial charge in [-0.1, -0.05) is 23.7 Å². The van der Waals surface area contributed by atoms with E-state index in [0.717, 1.165) is 35.8 Å². The summed E-state index contributed by atoms with van der Waals surface area (Å²) in [5.41, 5.74) is 5.47. The maximum absolute atomic E-state index is 6.31. The van der Waals surface area contributed by atoms with Gasteiger partial charge in [0.2, 0.25) is 5.89 Å². The van der Waals surface area contributed by atoms with Crippen LogP contribution in [0.1, 0.15) is 41.2 Å². The van der Waals surface area contributed by atoms with Gasteiger partial charge in [-0.2, -0.15) is 5.10 Å². The zero-order chi connectivity index (χ0) is 19.1. The van der Waals surface area contributed by atoms with Crippen LogP contribution in [0, 0.1) is 20.8 Å². The van der Waals surface area contributed by atoms with E-state index in [-0.39, 0.29) is 0 Å². The molecule has 0 unspecified atom stereocenters. The highest BCUT2D eigenvalue weighted by atomic mass is 35.5. The number of aromatic nitrogens is 3. The highest BCUT2D eigenvalue weighted by molar-refractivity contribution is 6.33. The second-order valence-electron chi connectivity index (χ2n) is 7.41. The molecule has 27 heavy (non-hydrogen) atoms. The van der Waals surface area contributed by atoms with Crippen molar-refractivity contribution >= 4 is 11.6 Å². The topological polar surface area (TPSA) is 47.1 Å². The number of benzene rings is 1. The van der Waals surface area contributed by atoms with Crippen molar-refractivity contribution in [1.29, 1.82) is 0 Å². The second kappa shape index (κ2) is 7.13. The van der Waals surface area contributed by atoms with Crippen LogP contribution in [0.4, 0.5) is 0 Å². The fraction of sp³-hybridized carbons (Fsp3) is 0.429. The van der Waals surface area contributed by atoms with Crippen molar-refractivity contribution in [2.75, 3.05) is 0 Å². The number of rotatable bonds is 6. The molecule has 6 heteroatoms. The third-order valence-corrected chi connectivity index (χ3v) is 5.76. The van der Waals surface area contributed by atoms with E-state index >= 15 is 0 Å². The fourth-order valence-corrected chi connectivity index (χ4v) is 3.74. The summed E-state index contributed by atoms with van der Waals surface area (Å²) in [4.78, 5) is 7.27. The molecule has 0 radical (unpaired) electrons. The van der Waals surface area contributed by atoms with Gasteiger partial charge in [-0.15, -0.1) is 0 Å². The molecule has 2 aromatic heterocycles. The summed E-state index contributed by atoms with van der Waals surface area (Å²) in [7, 11) is 2.00. The first-order valence-electron chi connectivity index (χ1n) is 9.38. The Morgan fingerprint density at radius 2 is 1.93 bits per heavy atom. The lowest BCUT2D eigenvalue weighted by Gasteiger charge is -2.21. The van der Waals surface area contributed by atoms with Crippen LogP contribution in [0.3, 0.4) is 0 Å². The number of hydrogen-bond acceptors (Lipinski definition) is 4. The molecule has 3 aromatic rings. The minimum absolute atomic E-state index is 0.595. The van der Waals surface area contributed by atoms with Crippen LogP contribution in [-0.2, 0) is 20.1 Å². The van der Waals surface area contributed by atoms with Crippen LogP contribution in [0.15, 0.2) is 28.7 Å². The average Bonchev–Trinajstić information content (AvgIpc) is 3.37. The Labute approximate surface area is 165 Å². The third-order valence-electron chi connectivity index (χ3n) is 5.43. The Kier molecular flexibility index (Phi) is 4.82. The average molecular weight is 385 g/mol. The van der Waals surface area contributed by atoms with Crippen molar-refractivity contribution in [2.24, 2.45) is 7.05 Å². The second-order valence-corrected chi connectivity index (χ2v) is 7.82. The van der Waals surface area contributed by atoms with Gasteiger partial charge in [0.25, 0.3) is 0 Å². The molecule has 1 saturated carbocycles. The molecule has 0 spiro atoms. The van der Waals surface area contributed by atoms with Crippen molar-refractivity contribution < 1.29 is 4.42 Å². The first kappa shape index (κ1) is 18.3. The molecule has 4 rings (SSSR count). The fourth-order valence-electron chi connectivity index (χ4n) is 3.52. The number of hydrogen-bond donors (Lipinski definition) is 0. The first-order valence-corrected chi connectivity index (χ1v) is 9.76. The van der Waals surface area contributed by atoms with Crippen LogP contribution >= 0.6 is 11.6 Å². The molecule has 142 valence electrons. The Bertz CT molecular complexity index is 971. The SMILES string of the molecule is Cc1nn(C)c(C)c1CN(Cc1nc(-c2ccccc2Cl)oc1C)C1CC1. The lowest BCUT2D eigenvalue weighted by Crippen LogP contribution is -2.26. The van der Waals surface area contributed by atoms with Gasteiger partial charge in [-0.25, -0.2) is 4.98 Å². The van der Waals surface area contributed by atoms with Gasteiger partial charge in [0.1, 0.15) is 5.76 Å². The van der Waals surface area contributed by atoms with E-state index in [9.17, 15) is 0 Å². The zero-order valence-corrected chi connectivity index (χ0v) is 17.0. The molecular weight excluding hydrogens is 360 g/mol. The standard InChI is InChI=1S/C21H25ClN4O/c1-13-18(14(2)25(4)24-13)11-26(16-9-10-16)12-20-15(3)27-21(23-20)17-7-5-6-8-19(17)22/h5-8,16H,9-12H2,1-4H3. The maximum atomic E-state index is 6.31. The van der Waals surface area contributed by atoms with Crippen molar-refractivity contribution in [1.82, 2.24) is 19.7 Å². The number of oxazole rings is 1. The summed E-state index contributed by atoms with van der Waals surface area (Å²) in [6, 6.07) is 8.28. The largest absolute Gasteiger partial charge is 0.441 e. The Hall–Kier alpha value is -2.11. The minimum atomic E-state index is 0.595. The molecule has 1 aliphatic rings. The molecule has 2 heterocycles. The van der Waals surface area contributed by atoms with Crippen LogP contribution < -0.4 is 0 Å². The smallest absolute Gasteiger partial charge is 0.228 e. The summed E-state index contributed by atoms with van der Waals surface area (Å²) < 4.78 is 7.91. The van der Waals surface area contributed by atoms with E-state index < -0.39 is 0 Å². The molecule has 0 saturated heterocycles. The van der Waals surface area contributed by atoms with E-state index in [1.807, 2.05) is 42.9 Å². The van der Waals surface area contributed by atoms with E-state index in [4.69, 9.17) is 21.0 Å². The van der Waals surface area contributed by atoms with Crippen LogP contribution in [0.5, 0.6) is 0 Å². The molecular formula is C21H25ClN4O. The summed E-state index contributed by atoms with van der Waals surface area (Å²) in [6.45, 7) is 7.87. The third kappa shape index (κ3) is 3.66. The highest BCUT2D eigenvalue weighted by Crippen LogP contribution is 2.33. The van der Waals surface area contributed by atoms with Crippen LogP contribution in [0.2, 0.25) is 5.02 Å². The monoisotopic (exact) mass is 384 g/mol.